The molecule has 1 N–H and O–H groups in total. The Balaban J connectivity index is 3.33. The highest BCUT2D eigenvalue weighted by Gasteiger charge is 2.24. The molecule has 1 aromatic rings. The number of rotatable bonds is 7. The molecule has 0 aliphatic heterocycles. The van der Waals surface area contributed by atoms with Crippen molar-refractivity contribution in [3.05, 3.63) is 41.7 Å². The average molecular weight is 301 g/mol. The van der Waals surface area contributed by atoms with E-state index in [1.807, 2.05) is 6.92 Å². The van der Waals surface area contributed by atoms with Crippen molar-refractivity contribution in [2.75, 3.05) is 13.1 Å². The van der Waals surface area contributed by atoms with E-state index < -0.39 is 22.4 Å². The highest BCUT2D eigenvalue weighted by atomic mass is 32.2. The molecular weight excluding hydrogens is 281 g/mol. The molecule has 0 spiro atoms. The molecule has 0 aliphatic carbocycles. The molecule has 0 bridgehead atoms. The first-order chi connectivity index (χ1) is 9.38. The van der Waals surface area contributed by atoms with Crippen LogP contribution in [-0.4, -0.2) is 30.9 Å². The maximum absolute atomic E-state index is 13.7. The predicted octanol–water partition coefficient (Wildman–Crippen LogP) is 2.21. The molecule has 0 radical (unpaired) electrons. The van der Waals surface area contributed by atoms with Crippen LogP contribution in [0.2, 0.25) is 0 Å². The summed E-state index contributed by atoms with van der Waals surface area (Å²) in [5.41, 5.74) is 0.184. The van der Waals surface area contributed by atoms with E-state index in [9.17, 15) is 12.8 Å². The highest BCUT2D eigenvalue weighted by Crippen LogP contribution is 2.22. The van der Waals surface area contributed by atoms with E-state index in [0.717, 1.165) is 0 Å². The maximum atomic E-state index is 13.7. The first-order valence-corrected chi connectivity index (χ1v) is 7.83. The van der Waals surface area contributed by atoms with Gasteiger partial charge in [-0.2, -0.15) is 4.31 Å². The van der Waals surface area contributed by atoms with Gasteiger partial charge >= 0.3 is 0 Å². The first-order valence-electron chi connectivity index (χ1n) is 6.39. The summed E-state index contributed by atoms with van der Waals surface area (Å²) in [4.78, 5) is -0.00394. The van der Waals surface area contributed by atoms with Crippen molar-refractivity contribution >= 4 is 10.0 Å². The van der Waals surface area contributed by atoms with Gasteiger partial charge in [0.1, 0.15) is 5.82 Å². The Morgan fingerprint density at radius 1 is 1.45 bits per heavy atom. The molecule has 0 atom stereocenters. The van der Waals surface area contributed by atoms with Crippen molar-refractivity contribution in [2.45, 2.75) is 31.8 Å². The molecule has 20 heavy (non-hydrogen) atoms. The molecule has 0 aliphatic rings. The quantitative estimate of drug-likeness (QED) is 0.786. The Kier molecular flexibility index (Phi) is 5.86. The van der Waals surface area contributed by atoms with E-state index in [-0.39, 0.29) is 22.6 Å². The number of nitrogens with zero attached hydrogens (tertiary/aromatic N) is 1. The van der Waals surface area contributed by atoms with Gasteiger partial charge in [0.2, 0.25) is 10.0 Å². The van der Waals surface area contributed by atoms with Crippen LogP contribution in [0.4, 0.5) is 4.39 Å². The molecular formula is C14H20FNO3S. The zero-order valence-electron chi connectivity index (χ0n) is 11.8. The molecule has 4 nitrogen and oxygen atoms in total. The van der Waals surface area contributed by atoms with Crippen LogP contribution in [0.3, 0.4) is 0 Å². The molecule has 0 saturated carbocycles. The third kappa shape index (κ3) is 3.45. The second kappa shape index (κ2) is 6.97. The van der Waals surface area contributed by atoms with Gasteiger partial charge in [-0.3, -0.25) is 0 Å². The van der Waals surface area contributed by atoms with Gasteiger partial charge in [0, 0.05) is 18.7 Å². The van der Waals surface area contributed by atoms with E-state index >= 15 is 0 Å². The topological polar surface area (TPSA) is 57.6 Å². The number of aliphatic hydroxyl groups is 1. The van der Waals surface area contributed by atoms with Crippen molar-refractivity contribution in [3.8, 4) is 0 Å². The number of aliphatic hydroxyl groups excluding tert-OH is 1. The highest BCUT2D eigenvalue weighted by molar-refractivity contribution is 7.89. The summed E-state index contributed by atoms with van der Waals surface area (Å²) in [6.07, 6.45) is 2.18. The summed E-state index contributed by atoms with van der Waals surface area (Å²) in [5.74, 6) is -0.572. The Morgan fingerprint density at radius 3 is 2.60 bits per heavy atom. The van der Waals surface area contributed by atoms with Gasteiger partial charge in [-0.15, -0.1) is 6.58 Å². The van der Waals surface area contributed by atoms with Crippen LogP contribution in [0.15, 0.2) is 29.7 Å². The summed E-state index contributed by atoms with van der Waals surface area (Å²) >= 11 is 0. The normalized spacial score (nSPS) is 11.8. The number of benzene rings is 1. The first kappa shape index (κ1) is 16.8. The second-order valence-electron chi connectivity index (χ2n) is 4.52. The van der Waals surface area contributed by atoms with Gasteiger partial charge in [0.15, 0.2) is 0 Å². The van der Waals surface area contributed by atoms with E-state index in [4.69, 9.17) is 5.11 Å². The molecule has 0 heterocycles. The largest absolute Gasteiger partial charge is 0.392 e. The monoisotopic (exact) mass is 301 g/mol. The fourth-order valence-electron chi connectivity index (χ4n) is 1.92. The van der Waals surface area contributed by atoms with E-state index in [1.54, 1.807) is 0 Å². The molecule has 6 heteroatoms. The minimum Gasteiger partial charge on any atom is -0.392 e. The van der Waals surface area contributed by atoms with Crippen molar-refractivity contribution < 1.29 is 17.9 Å². The average Bonchev–Trinajstić information content (AvgIpc) is 2.41. The number of hydrogen-bond acceptors (Lipinski definition) is 3. The fourth-order valence-corrected chi connectivity index (χ4v) is 3.56. The summed E-state index contributed by atoms with van der Waals surface area (Å²) in [6, 6.07) is 2.47. The van der Waals surface area contributed by atoms with Gasteiger partial charge in [-0.05, 0) is 31.0 Å². The Bertz CT molecular complexity index is 584. The molecule has 0 aromatic heterocycles. The van der Waals surface area contributed by atoms with Crippen LogP contribution in [0, 0.1) is 12.7 Å². The minimum absolute atomic E-state index is 0.00394. The zero-order valence-corrected chi connectivity index (χ0v) is 12.6. The van der Waals surface area contributed by atoms with Crippen LogP contribution < -0.4 is 0 Å². The standard InChI is InChI=1S/C14H20FNO3S/c1-4-6-16(7-5-2)20(18,19)13-8-11(3)14(15)12(9-13)10-17/h4,8-9,17H,1,5-7,10H2,2-3H3. The van der Waals surface area contributed by atoms with Crippen molar-refractivity contribution in [1.82, 2.24) is 4.31 Å². The van der Waals surface area contributed by atoms with Gasteiger partial charge in [-0.1, -0.05) is 13.0 Å². The lowest BCUT2D eigenvalue weighted by Gasteiger charge is -2.21. The fraction of sp³-hybridized carbons (Fsp3) is 0.429. The number of sulfonamides is 1. The van der Waals surface area contributed by atoms with Crippen LogP contribution in [0.25, 0.3) is 0 Å². The molecule has 0 unspecified atom stereocenters. The zero-order chi connectivity index (χ0) is 15.3. The van der Waals surface area contributed by atoms with Crippen LogP contribution in [-0.2, 0) is 16.6 Å². The smallest absolute Gasteiger partial charge is 0.243 e. The van der Waals surface area contributed by atoms with Crippen molar-refractivity contribution in [1.29, 1.82) is 0 Å². The third-order valence-electron chi connectivity index (χ3n) is 2.92. The predicted molar refractivity (Wildman–Crippen MR) is 76.3 cm³/mol. The third-order valence-corrected chi connectivity index (χ3v) is 4.76. The number of halogens is 1. The summed E-state index contributed by atoms with van der Waals surface area (Å²) < 4.78 is 40.0. The Morgan fingerprint density at radius 2 is 2.10 bits per heavy atom. The van der Waals surface area contributed by atoms with Crippen LogP contribution >= 0.6 is 0 Å². The Hall–Kier alpha value is -1.24. The maximum Gasteiger partial charge on any atom is 0.243 e. The van der Waals surface area contributed by atoms with E-state index in [1.165, 1.54) is 29.4 Å². The summed E-state index contributed by atoms with van der Waals surface area (Å²) in [5, 5.41) is 9.11. The summed E-state index contributed by atoms with van der Waals surface area (Å²) in [7, 11) is -3.71. The molecule has 0 saturated heterocycles. The van der Waals surface area contributed by atoms with E-state index in [0.29, 0.717) is 13.0 Å². The van der Waals surface area contributed by atoms with Crippen molar-refractivity contribution in [3.63, 3.8) is 0 Å². The van der Waals surface area contributed by atoms with Gasteiger partial charge in [0.25, 0.3) is 0 Å². The minimum atomic E-state index is -3.71. The molecule has 0 amide bonds. The number of aryl methyl sites for hydroxylation is 1. The lowest BCUT2D eigenvalue weighted by molar-refractivity contribution is 0.275. The van der Waals surface area contributed by atoms with E-state index in [2.05, 4.69) is 6.58 Å². The summed E-state index contributed by atoms with van der Waals surface area (Å²) in [6.45, 7) is 6.92. The molecule has 112 valence electrons. The van der Waals surface area contributed by atoms with Crippen LogP contribution in [0.5, 0.6) is 0 Å². The van der Waals surface area contributed by atoms with Gasteiger partial charge in [0.05, 0.1) is 11.5 Å². The SMILES string of the molecule is C=CCN(CCC)S(=O)(=O)c1cc(C)c(F)c(CO)c1. The van der Waals surface area contributed by atoms with Gasteiger partial charge < -0.3 is 5.11 Å². The van der Waals surface area contributed by atoms with Crippen molar-refractivity contribution in [2.24, 2.45) is 0 Å². The molecule has 0 fully saturated rings. The lowest BCUT2D eigenvalue weighted by atomic mass is 10.1. The number of hydrogen-bond donors (Lipinski definition) is 1. The second-order valence-corrected chi connectivity index (χ2v) is 6.46. The van der Waals surface area contributed by atoms with Crippen LogP contribution in [0.1, 0.15) is 24.5 Å². The Labute approximate surface area is 119 Å². The molecule has 1 aromatic carbocycles. The molecule has 1 rings (SSSR count). The lowest BCUT2D eigenvalue weighted by Crippen LogP contribution is -2.32. The van der Waals surface area contributed by atoms with Gasteiger partial charge in [-0.25, -0.2) is 12.8 Å².